The van der Waals surface area contributed by atoms with Crippen molar-refractivity contribution < 1.29 is 9.53 Å². The summed E-state index contributed by atoms with van der Waals surface area (Å²) in [5, 5.41) is 0. The highest BCUT2D eigenvalue weighted by Crippen LogP contribution is 2.16. The zero-order valence-electron chi connectivity index (χ0n) is 13.6. The van der Waals surface area contributed by atoms with E-state index in [4.69, 9.17) is 4.74 Å². The van der Waals surface area contributed by atoms with Crippen molar-refractivity contribution in [2.75, 3.05) is 19.7 Å². The molecule has 23 heavy (non-hydrogen) atoms. The van der Waals surface area contributed by atoms with Crippen LogP contribution >= 0.6 is 0 Å². The molecule has 6 heteroatoms. The number of hydrogen-bond acceptors (Lipinski definition) is 4. The molecule has 1 fully saturated rings. The van der Waals surface area contributed by atoms with Crippen molar-refractivity contribution in [2.24, 2.45) is 5.92 Å². The van der Waals surface area contributed by atoms with Crippen LogP contribution in [0.2, 0.25) is 0 Å². The maximum absolute atomic E-state index is 12.9. The maximum Gasteiger partial charge on any atom is 0.254 e. The smallest absolute Gasteiger partial charge is 0.254 e. The van der Waals surface area contributed by atoms with E-state index in [1.807, 2.05) is 11.1 Å². The number of imidazole rings is 1. The number of carbonyl (C=O) groups excluding carboxylic acids is 1. The lowest BCUT2D eigenvalue weighted by atomic mass is 10.1. The molecule has 1 aliphatic heterocycles. The molecule has 0 saturated carbocycles. The highest BCUT2D eigenvalue weighted by Gasteiger charge is 2.25. The molecule has 1 amide bonds. The van der Waals surface area contributed by atoms with Gasteiger partial charge in [0.15, 0.2) is 0 Å². The predicted molar refractivity (Wildman–Crippen MR) is 86.5 cm³/mol. The van der Waals surface area contributed by atoms with E-state index < -0.39 is 0 Å². The number of ether oxygens (including phenoxy) is 1. The average molecular weight is 314 g/mol. The van der Waals surface area contributed by atoms with Gasteiger partial charge >= 0.3 is 0 Å². The van der Waals surface area contributed by atoms with Crippen molar-refractivity contribution in [2.45, 2.75) is 26.4 Å². The Hall–Kier alpha value is -2.21. The summed E-state index contributed by atoms with van der Waals surface area (Å²) in [6, 6.07) is 3.57. The minimum atomic E-state index is 0.0323. The highest BCUT2D eigenvalue weighted by molar-refractivity contribution is 5.94. The van der Waals surface area contributed by atoms with Crippen molar-refractivity contribution in [1.82, 2.24) is 19.4 Å². The Morgan fingerprint density at radius 3 is 3.00 bits per heavy atom. The quantitative estimate of drug-likeness (QED) is 0.871. The molecule has 0 bridgehead atoms. The lowest BCUT2D eigenvalue weighted by molar-refractivity contribution is 0.0222. The SMILES string of the molecule is CC(C)C1CN(C(=O)c2ccnc(-n3ccnc3)c2)CCCO1. The molecule has 1 aliphatic rings. The van der Waals surface area contributed by atoms with Crippen LogP contribution < -0.4 is 0 Å². The summed E-state index contributed by atoms with van der Waals surface area (Å²) >= 11 is 0. The van der Waals surface area contributed by atoms with Crippen molar-refractivity contribution in [3.63, 3.8) is 0 Å². The number of amides is 1. The summed E-state index contributed by atoms with van der Waals surface area (Å²) in [6.07, 6.45) is 7.80. The maximum atomic E-state index is 12.9. The third-order valence-electron chi connectivity index (χ3n) is 4.10. The molecule has 1 unspecified atom stereocenters. The minimum Gasteiger partial charge on any atom is -0.376 e. The third kappa shape index (κ3) is 3.59. The van der Waals surface area contributed by atoms with Crippen molar-refractivity contribution in [3.8, 4) is 5.82 Å². The van der Waals surface area contributed by atoms with Crippen molar-refractivity contribution in [3.05, 3.63) is 42.6 Å². The monoisotopic (exact) mass is 314 g/mol. The second-order valence-corrected chi connectivity index (χ2v) is 6.13. The van der Waals surface area contributed by atoms with Gasteiger partial charge in [-0.05, 0) is 24.5 Å². The van der Waals surface area contributed by atoms with Gasteiger partial charge in [-0.15, -0.1) is 0 Å². The van der Waals surface area contributed by atoms with Gasteiger partial charge in [-0.25, -0.2) is 9.97 Å². The van der Waals surface area contributed by atoms with Crippen LogP contribution in [0.5, 0.6) is 0 Å². The topological polar surface area (TPSA) is 60.2 Å². The van der Waals surface area contributed by atoms with Gasteiger partial charge in [-0.3, -0.25) is 9.36 Å². The molecule has 0 N–H and O–H groups in total. The second-order valence-electron chi connectivity index (χ2n) is 6.13. The Morgan fingerprint density at radius 1 is 1.39 bits per heavy atom. The van der Waals surface area contributed by atoms with Crippen LogP contribution in [0, 0.1) is 5.92 Å². The molecule has 3 rings (SSSR count). The van der Waals surface area contributed by atoms with E-state index in [1.165, 1.54) is 0 Å². The van der Waals surface area contributed by atoms with E-state index in [0.29, 0.717) is 30.5 Å². The number of hydrogen-bond donors (Lipinski definition) is 0. The largest absolute Gasteiger partial charge is 0.376 e. The van der Waals surface area contributed by atoms with Gasteiger partial charge in [0, 0.05) is 43.9 Å². The van der Waals surface area contributed by atoms with Crippen LogP contribution in [-0.2, 0) is 4.74 Å². The zero-order valence-corrected chi connectivity index (χ0v) is 13.6. The Kier molecular flexibility index (Phi) is 4.71. The first-order valence-electron chi connectivity index (χ1n) is 8.00. The van der Waals surface area contributed by atoms with Gasteiger partial charge in [0.05, 0.1) is 6.10 Å². The van der Waals surface area contributed by atoms with E-state index in [9.17, 15) is 4.79 Å². The molecule has 6 nitrogen and oxygen atoms in total. The van der Waals surface area contributed by atoms with Gasteiger partial charge in [-0.1, -0.05) is 13.8 Å². The first-order valence-corrected chi connectivity index (χ1v) is 8.00. The molecule has 0 radical (unpaired) electrons. The molecule has 1 atom stereocenters. The summed E-state index contributed by atoms with van der Waals surface area (Å²) in [6.45, 7) is 6.33. The molecule has 2 aromatic rings. The number of nitrogens with zero attached hydrogens (tertiary/aromatic N) is 4. The summed E-state index contributed by atoms with van der Waals surface area (Å²) in [4.78, 5) is 23.1. The van der Waals surface area contributed by atoms with Gasteiger partial charge < -0.3 is 9.64 Å². The first kappa shape index (κ1) is 15.7. The molecule has 0 aromatic carbocycles. The normalized spacial score (nSPS) is 18.9. The van der Waals surface area contributed by atoms with Crippen LogP contribution in [0.3, 0.4) is 0 Å². The lowest BCUT2D eigenvalue weighted by Crippen LogP contribution is -2.38. The van der Waals surface area contributed by atoms with Gasteiger partial charge in [0.2, 0.25) is 0 Å². The molecule has 0 aliphatic carbocycles. The predicted octanol–water partition coefficient (Wildman–Crippen LogP) is 2.15. The zero-order chi connectivity index (χ0) is 16.2. The van der Waals surface area contributed by atoms with E-state index >= 15 is 0 Å². The summed E-state index contributed by atoms with van der Waals surface area (Å²) in [5.74, 6) is 1.12. The Bertz CT molecular complexity index is 654. The van der Waals surface area contributed by atoms with Crippen LogP contribution in [0.1, 0.15) is 30.6 Å². The summed E-state index contributed by atoms with van der Waals surface area (Å²) in [5.41, 5.74) is 0.646. The number of pyridine rings is 1. The van der Waals surface area contributed by atoms with Crippen molar-refractivity contribution in [1.29, 1.82) is 0 Å². The third-order valence-corrected chi connectivity index (χ3v) is 4.10. The van der Waals surface area contributed by atoms with E-state index in [2.05, 4.69) is 23.8 Å². The Morgan fingerprint density at radius 2 is 2.26 bits per heavy atom. The standard InChI is InChI=1S/C17H22N4O2/c1-13(2)15-11-20(7-3-9-23-15)17(22)14-4-5-19-16(10-14)21-8-6-18-12-21/h4-6,8,10,12-13,15H,3,7,9,11H2,1-2H3. The minimum absolute atomic E-state index is 0.0323. The van der Waals surface area contributed by atoms with E-state index in [1.54, 1.807) is 35.4 Å². The van der Waals surface area contributed by atoms with Crippen molar-refractivity contribution >= 4 is 5.91 Å². The first-order chi connectivity index (χ1) is 11.1. The van der Waals surface area contributed by atoms with E-state index in [0.717, 1.165) is 13.0 Å². The fourth-order valence-corrected chi connectivity index (χ4v) is 2.71. The number of rotatable bonds is 3. The molecule has 1 saturated heterocycles. The lowest BCUT2D eigenvalue weighted by Gasteiger charge is -2.26. The van der Waals surface area contributed by atoms with E-state index in [-0.39, 0.29) is 12.0 Å². The van der Waals surface area contributed by atoms with Crippen LogP contribution in [0.15, 0.2) is 37.1 Å². The molecule has 0 spiro atoms. The highest BCUT2D eigenvalue weighted by atomic mass is 16.5. The Balaban J connectivity index is 1.80. The van der Waals surface area contributed by atoms with Gasteiger partial charge in [0.1, 0.15) is 12.1 Å². The average Bonchev–Trinajstić information content (AvgIpc) is 2.98. The fourth-order valence-electron chi connectivity index (χ4n) is 2.71. The van der Waals surface area contributed by atoms with Crippen LogP contribution in [0.4, 0.5) is 0 Å². The molecule has 122 valence electrons. The summed E-state index contributed by atoms with van der Waals surface area (Å²) < 4.78 is 7.64. The fraction of sp³-hybridized carbons (Fsp3) is 0.471. The van der Waals surface area contributed by atoms with Gasteiger partial charge in [0.25, 0.3) is 5.91 Å². The molecular weight excluding hydrogens is 292 g/mol. The van der Waals surface area contributed by atoms with Crippen LogP contribution in [0.25, 0.3) is 5.82 Å². The Labute approximate surface area is 136 Å². The second kappa shape index (κ2) is 6.91. The van der Waals surface area contributed by atoms with Gasteiger partial charge in [-0.2, -0.15) is 0 Å². The number of carbonyl (C=O) groups is 1. The molecular formula is C17H22N4O2. The molecule has 2 aromatic heterocycles. The summed E-state index contributed by atoms with van der Waals surface area (Å²) in [7, 11) is 0. The molecule has 3 heterocycles. The van der Waals surface area contributed by atoms with Crippen LogP contribution in [-0.4, -0.2) is 51.1 Å². The number of aromatic nitrogens is 3.